The number of carbonyl (C=O) groups excluding carboxylic acids is 1. The van der Waals surface area contributed by atoms with E-state index in [0.717, 1.165) is 6.42 Å². The van der Waals surface area contributed by atoms with Gasteiger partial charge in [0.05, 0.1) is 0 Å². The number of ether oxygens (including phenoxy) is 1. The van der Waals surface area contributed by atoms with Crippen LogP contribution in [0.3, 0.4) is 0 Å². The summed E-state index contributed by atoms with van der Waals surface area (Å²) >= 11 is 0. The Hall–Kier alpha value is -1.13. The summed E-state index contributed by atoms with van der Waals surface area (Å²) < 4.78 is 12.3. The number of fused-ring (bicyclic) bond motifs is 1. The van der Waals surface area contributed by atoms with Crippen molar-refractivity contribution in [3.05, 3.63) is 35.9 Å². The Balaban J connectivity index is 1.82. The molecule has 0 aromatic heterocycles. The molecule has 146 valence electrons. The summed E-state index contributed by atoms with van der Waals surface area (Å²) in [5, 5.41) is 0.199. The van der Waals surface area contributed by atoms with Gasteiger partial charge in [0.2, 0.25) is 0 Å². The molecule has 2 aliphatic carbocycles. The molecule has 3 atom stereocenters. The number of hydrogen-bond donors (Lipinski definition) is 0. The van der Waals surface area contributed by atoms with E-state index in [2.05, 4.69) is 58.1 Å². The number of carbonyl (C=O) groups is 1. The zero-order chi connectivity index (χ0) is 19.6. The number of rotatable bonds is 5. The van der Waals surface area contributed by atoms with E-state index in [4.69, 9.17) is 9.16 Å². The van der Waals surface area contributed by atoms with Gasteiger partial charge in [-0.15, -0.1) is 0 Å². The Morgan fingerprint density at radius 1 is 1.12 bits per heavy atom. The van der Waals surface area contributed by atoms with Crippen molar-refractivity contribution < 1.29 is 14.0 Å². The molecule has 2 fully saturated rings. The van der Waals surface area contributed by atoms with Gasteiger partial charge in [0.1, 0.15) is 0 Å². The number of esters is 1. The zero-order valence-electron chi connectivity index (χ0n) is 17.7. The van der Waals surface area contributed by atoms with E-state index in [1.807, 2.05) is 26.8 Å². The van der Waals surface area contributed by atoms with E-state index in [0.29, 0.717) is 6.61 Å². The van der Waals surface area contributed by atoms with Gasteiger partial charge >= 0.3 is 159 Å². The molecule has 0 N–H and O–H groups in total. The van der Waals surface area contributed by atoms with Crippen LogP contribution >= 0.6 is 0 Å². The molecule has 0 saturated heterocycles. The predicted molar refractivity (Wildman–Crippen MR) is 109 cm³/mol. The predicted octanol–water partition coefficient (Wildman–Crippen LogP) is 5.04. The van der Waals surface area contributed by atoms with Crippen molar-refractivity contribution >= 4 is 14.3 Å². The maximum atomic E-state index is 13.0. The summed E-state index contributed by atoms with van der Waals surface area (Å²) in [7, 11) is -2.15. The van der Waals surface area contributed by atoms with Crippen LogP contribution in [0.5, 0.6) is 0 Å². The summed E-state index contributed by atoms with van der Waals surface area (Å²) in [4.78, 5) is 13.0. The van der Waals surface area contributed by atoms with Crippen LogP contribution < -0.4 is 0 Å². The van der Waals surface area contributed by atoms with Gasteiger partial charge in [0, 0.05) is 0 Å². The normalized spacial score (nSPS) is 31.2. The molecule has 1 aromatic rings. The minimum atomic E-state index is -2.15. The van der Waals surface area contributed by atoms with Crippen molar-refractivity contribution in [3.63, 3.8) is 0 Å². The Kier molecular flexibility index (Phi) is 4.29. The molecule has 26 heavy (non-hydrogen) atoms. The molecule has 0 amide bonds. The first-order valence-electron chi connectivity index (χ1n) is 9.93. The third kappa shape index (κ3) is 2.86. The molecular weight excluding hydrogens is 340 g/mol. The molecule has 1 aromatic carbocycles. The Morgan fingerprint density at radius 3 is 2.19 bits per heavy atom. The van der Waals surface area contributed by atoms with Crippen molar-refractivity contribution in [2.75, 3.05) is 6.61 Å². The fourth-order valence-corrected chi connectivity index (χ4v) is 5.31. The van der Waals surface area contributed by atoms with Crippen LogP contribution in [0.2, 0.25) is 18.1 Å². The standard InChI is InChI=1S/C22H35O3Si/c1-19(2,3)25-18(23)22-15-21(22,16-12-10-9-11-13-16)17(22)14-24-26(7,8)20(4,5)6/h9-13,17,26H,14-15H2,1-8H3/q-1/t17-,21+,22?/m1/s1. The van der Waals surface area contributed by atoms with E-state index in [9.17, 15) is 4.79 Å². The quantitative estimate of drug-likeness (QED) is 0.534. The minimum absolute atomic E-state index is 0.0407. The fourth-order valence-electron chi connectivity index (χ4n) is 4.13. The first kappa shape index (κ1) is 19.6. The van der Waals surface area contributed by atoms with Gasteiger partial charge in [0.25, 0.3) is 0 Å². The van der Waals surface area contributed by atoms with Crippen LogP contribution in [0.15, 0.2) is 30.3 Å². The Morgan fingerprint density at radius 2 is 1.69 bits per heavy atom. The second-order valence-electron chi connectivity index (χ2n) is 11.0. The summed E-state index contributed by atoms with van der Waals surface area (Å²) in [6.45, 7) is 17.9. The SMILES string of the molecule is CC(C)(C)OC(=O)C12C[C@]1(c1ccccc1)[C@H]2CO[SiH-](C)(C)C(C)(C)C. The van der Waals surface area contributed by atoms with Crippen LogP contribution in [0.1, 0.15) is 53.5 Å². The third-order valence-corrected chi connectivity index (χ3v) is 12.3. The van der Waals surface area contributed by atoms with Gasteiger partial charge in [-0.3, -0.25) is 0 Å². The monoisotopic (exact) mass is 375 g/mol. The zero-order valence-corrected chi connectivity index (χ0v) is 18.8. The second-order valence-corrected chi connectivity index (χ2v) is 16.5. The fraction of sp³-hybridized carbons (Fsp3) is 0.682. The van der Waals surface area contributed by atoms with Crippen molar-refractivity contribution in [1.82, 2.24) is 0 Å². The number of benzene rings is 1. The average Bonchev–Trinajstić information content (AvgIpc) is 3.31. The molecule has 0 heterocycles. The van der Waals surface area contributed by atoms with Crippen LogP contribution in [0, 0.1) is 11.3 Å². The Labute approximate surface area is 159 Å². The molecule has 1 unspecified atom stereocenters. The molecule has 0 radical (unpaired) electrons. The van der Waals surface area contributed by atoms with Gasteiger partial charge in [-0.25, -0.2) is 0 Å². The van der Waals surface area contributed by atoms with E-state index in [1.54, 1.807) is 0 Å². The van der Waals surface area contributed by atoms with Crippen molar-refractivity contribution in [2.45, 2.75) is 77.1 Å². The second kappa shape index (κ2) is 5.68. The van der Waals surface area contributed by atoms with Crippen LogP contribution in [-0.4, -0.2) is 26.5 Å². The first-order chi connectivity index (χ1) is 11.8. The first-order valence-corrected chi connectivity index (χ1v) is 13.3. The van der Waals surface area contributed by atoms with E-state index < -0.39 is 13.9 Å². The molecule has 3 rings (SSSR count). The van der Waals surface area contributed by atoms with Crippen molar-refractivity contribution in [3.8, 4) is 0 Å². The molecule has 0 spiro atoms. The van der Waals surface area contributed by atoms with Crippen LogP contribution in [0.25, 0.3) is 0 Å². The summed E-state index contributed by atoms with van der Waals surface area (Å²) in [5.41, 5.74) is 0.377. The summed E-state index contributed by atoms with van der Waals surface area (Å²) in [5.74, 6) is 0.204. The van der Waals surface area contributed by atoms with Crippen LogP contribution in [-0.2, 0) is 19.4 Å². The van der Waals surface area contributed by atoms with Gasteiger partial charge in [-0.05, 0) is 0 Å². The molecule has 3 nitrogen and oxygen atoms in total. The molecule has 4 heteroatoms. The average molecular weight is 376 g/mol. The van der Waals surface area contributed by atoms with Crippen molar-refractivity contribution in [1.29, 1.82) is 0 Å². The molecule has 0 aliphatic heterocycles. The molecule has 0 bridgehead atoms. The Bertz CT molecular complexity index is 698. The topological polar surface area (TPSA) is 35.5 Å². The van der Waals surface area contributed by atoms with Gasteiger partial charge in [0.15, 0.2) is 0 Å². The molecule has 2 aliphatic rings. The maximum absolute atomic E-state index is 13.0. The van der Waals surface area contributed by atoms with Gasteiger partial charge in [-0.2, -0.15) is 0 Å². The van der Waals surface area contributed by atoms with Gasteiger partial charge in [-0.1, -0.05) is 0 Å². The third-order valence-electron chi connectivity index (χ3n) is 7.15. The molecule has 2 saturated carbocycles. The molecular formula is C22H35O3Si-. The number of hydrogen-bond acceptors (Lipinski definition) is 3. The van der Waals surface area contributed by atoms with E-state index in [-0.39, 0.29) is 27.8 Å². The van der Waals surface area contributed by atoms with Gasteiger partial charge < -0.3 is 0 Å². The summed E-state index contributed by atoms with van der Waals surface area (Å²) in [6.07, 6.45) is 0.896. The van der Waals surface area contributed by atoms with Crippen molar-refractivity contribution in [2.24, 2.45) is 11.3 Å². The van der Waals surface area contributed by atoms with Crippen LogP contribution in [0.4, 0.5) is 0 Å². The summed E-state index contributed by atoms with van der Waals surface area (Å²) in [6, 6.07) is 10.5. The van der Waals surface area contributed by atoms with E-state index >= 15 is 0 Å². The van der Waals surface area contributed by atoms with E-state index in [1.165, 1.54) is 5.56 Å².